The highest BCUT2D eigenvalue weighted by Crippen LogP contribution is 2.31. The minimum atomic E-state index is -0.595. The third-order valence-corrected chi connectivity index (χ3v) is 4.30. The lowest BCUT2D eigenvalue weighted by Crippen LogP contribution is -2.54. The van der Waals surface area contributed by atoms with Gasteiger partial charge in [-0.15, -0.1) is 0 Å². The fourth-order valence-corrected chi connectivity index (χ4v) is 3.00. The molecule has 3 heterocycles. The van der Waals surface area contributed by atoms with Gasteiger partial charge in [-0.2, -0.15) is 0 Å². The first-order valence-corrected chi connectivity index (χ1v) is 7.94. The Labute approximate surface area is 138 Å². The van der Waals surface area contributed by atoms with Crippen molar-refractivity contribution in [2.24, 2.45) is 0 Å². The zero-order valence-electron chi connectivity index (χ0n) is 13.3. The van der Waals surface area contributed by atoms with Gasteiger partial charge in [0.15, 0.2) is 17.3 Å². The van der Waals surface area contributed by atoms with Crippen molar-refractivity contribution in [2.75, 3.05) is 37.7 Å². The van der Waals surface area contributed by atoms with E-state index in [4.69, 9.17) is 14.1 Å². The van der Waals surface area contributed by atoms with Crippen molar-refractivity contribution in [3.05, 3.63) is 30.0 Å². The van der Waals surface area contributed by atoms with Crippen molar-refractivity contribution in [1.82, 2.24) is 15.2 Å². The average molecular weight is 330 g/mol. The van der Waals surface area contributed by atoms with E-state index in [1.54, 1.807) is 4.90 Å². The molecule has 1 aromatic carbocycles. The van der Waals surface area contributed by atoms with E-state index in [1.807, 2.05) is 31.2 Å². The number of para-hydroxylation sites is 2. The molecule has 4 rings (SSSR count). The minimum absolute atomic E-state index is 0.0425. The van der Waals surface area contributed by atoms with E-state index < -0.39 is 6.10 Å². The van der Waals surface area contributed by atoms with Crippen LogP contribution in [0, 0.1) is 6.92 Å². The monoisotopic (exact) mass is 330 g/mol. The average Bonchev–Trinajstić information content (AvgIpc) is 3.07. The smallest absolute Gasteiger partial charge is 0.267 e. The van der Waals surface area contributed by atoms with Crippen LogP contribution < -0.4 is 14.4 Å². The van der Waals surface area contributed by atoms with Crippen LogP contribution in [0.4, 0.5) is 5.82 Å². The fraction of sp³-hybridized carbons (Fsp3) is 0.438. The molecule has 1 fully saturated rings. The van der Waals surface area contributed by atoms with Gasteiger partial charge in [-0.1, -0.05) is 17.3 Å². The van der Waals surface area contributed by atoms with Crippen LogP contribution in [-0.2, 0) is 4.79 Å². The van der Waals surface area contributed by atoms with E-state index in [9.17, 15) is 4.79 Å². The van der Waals surface area contributed by atoms with Crippen LogP contribution in [0.25, 0.3) is 0 Å². The third kappa shape index (κ3) is 2.64. The number of piperazine rings is 1. The number of fused-ring (bicyclic) bond motifs is 1. The predicted octanol–water partition coefficient (Wildman–Crippen LogP) is 0.867. The zero-order chi connectivity index (χ0) is 16.5. The van der Waals surface area contributed by atoms with Gasteiger partial charge in [0.2, 0.25) is 6.10 Å². The molecule has 1 saturated heterocycles. The summed E-state index contributed by atoms with van der Waals surface area (Å²) in [4.78, 5) is 16.6. The number of amides is 1. The molecule has 1 atom stereocenters. The molecule has 8 heteroatoms. The molecule has 0 saturated carbocycles. The highest BCUT2D eigenvalue weighted by atomic mass is 16.6. The summed E-state index contributed by atoms with van der Waals surface area (Å²) < 4.78 is 16.2. The van der Waals surface area contributed by atoms with Crippen LogP contribution >= 0.6 is 0 Å². The maximum absolute atomic E-state index is 12.7. The topological polar surface area (TPSA) is 80.9 Å². The lowest BCUT2D eigenvalue weighted by Gasteiger charge is -2.37. The Kier molecular flexibility index (Phi) is 3.72. The SMILES string of the molecule is Cc1nonc1N1CCN(C(=O)[C@@H]2COc3ccccc3O2)CC1. The van der Waals surface area contributed by atoms with Crippen LogP contribution in [0.5, 0.6) is 11.5 Å². The van der Waals surface area contributed by atoms with Gasteiger partial charge in [-0.25, -0.2) is 4.63 Å². The molecule has 0 aliphatic carbocycles. The molecule has 2 aliphatic heterocycles. The summed E-state index contributed by atoms with van der Waals surface area (Å²) in [5, 5.41) is 7.71. The van der Waals surface area contributed by atoms with E-state index in [0.29, 0.717) is 37.7 Å². The summed E-state index contributed by atoms with van der Waals surface area (Å²) in [6, 6.07) is 7.39. The Hall–Kier alpha value is -2.77. The van der Waals surface area contributed by atoms with Crippen LogP contribution in [-0.4, -0.2) is 60.0 Å². The van der Waals surface area contributed by atoms with Crippen molar-refractivity contribution in [3.8, 4) is 11.5 Å². The lowest BCUT2D eigenvalue weighted by atomic mass is 10.2. The largest absolute Gasteiger partial charge is 0.485 e. The minimum Gasteiger partial charge on any atom is -0.485 e. The standard InChI is InChI=1S/C16H18N4O4/c1-11-15(18-24-17-11)19-6-8-20(9-7-19)16(21)14-10-22-12-4-2-3-5-13(12)23-14/h2-5,14H,6-10H2,1H3/t14-/m0/s1. The van der Waals surface area contributed by atoms with Crippen LogP contribution in [0.2, 0.25) is 0 Å². The van der Waals surface area contributed by atoms with E-state index in [0.717, 1.165) is 11.5 Å². The van der Waals surface area contributed by atoms with Gasteiger partial charge in [0, 0.05) is 26.2 Å². The van der Waals surface area contributed by atoms with Crippen molar-refractivity contribution < 1.29 is 18.9 Å². The van der Waals surface area contributed by atoms with Gasteiger partial charge >= 0.3 is 0 Å². The normalized spacial score (nSPS) is 20.1. The number of aromatic nitrogens is 2. The first kappa shape index (κ1) is 14.8. The van der Waals surface area contributed by atoms with E-state index in [2.05, 4.69) is 15.2 Å². The number of benzene rings is 1. The van der Waals surface area contributed by atoms with E-state index in [-0.39, 0.29) is 12.5 Å². The van der Waals surface area contributed by atoms with Gasteiger partial charge in [0.25, 0.3) is 5.91 Å². The maximum atomic E-state index is 12.7. The number of carbonyl (C=O) groups excluding carboxylic acids is 1. The summed E-state index contributed by atoms with van der Waals surface area (Å²) in [5.74, 6) is 2.00. The van der Waals surface area contributed by atoms with Crippen LogP contribution in [0.1, 0.15) is 5.69 Å². The molecule has 0 radical (unpaired) electrons. The first-order valence-electron chi connectivity index (χ1n) is 7.94. The number of hydrogen-bond donors (Lipinski definition) is 0. The number of aryl methyl sites for hydroxylation is 1. The number of nitrogens with zero attached hydrogens (tertiary/aromatic N) is 4. The zero-order valence-corrected chi connectivity index (χ0v) is 13.3. The molecule has 2 aliphatic rings. The van der Waals surface area contributed by atoms with Gasteiger partial charge in [0.1, 0.15) is 12.3 Å². The third-order valence-electron chi connectivity index (χ3n) is 4.30. The number of hydrogen-bond acceptors (Lipinski definition) is 7. The second-order valence-electron chi connectivity index (χ2n) is 5.85. The first-order chi connectivity index (χ1) is 11.7. The predicted molar refractivity (Wildman–Crippen MR) is 84.2 cm³/mol. The molecule has 8 nitrogen and oxygen atoms in total. The Morgan fingerprint density at radius 2 is 1.88 bits per heavy atom. The van der Waals surface area contributed by atoms with Crippen LogP contribution in [0.3, 0.4) is 0 Å². The molecular weight excluding hydrogens is 312 g/mol. The van der Waals surface area contributed by atoms with Crippen molar-refractivity contribution >= 4 is 11.7 Å². The van der Waals surface area contributed by atoms with E-state index in [1.165, 1.54) is 0 Å². The van der Waals surface area contributed by atoms with Crippen molar-refractivity contribution in [3.63, 3.8) is 0 Å². The summed E-state index contributed by atoms with van der Waals surface area (Å²) in [6.45, 7) is 4.67. The molecule has 0 bridgehead atoms. The quantitative estimate of drug-likeness (QED) is 0.808. The molecule has 2 aromatic rings. The van der Waals surface area contributed by atoms with Crippen LogP contribution in [0.15, 0.2) is 28.9 Å². The van der Waals surface area contributed by atoms with Crippen molar-refractivity contribution in [1.29, 1.82) is 0 Å². The molecule has 0 spiro atoms. The molecule has 24 heavy (non-hydrogen) atoms. The molecule has 0 N–H and O–H groups in total. The molecule has 126 valence electrons. The molecule has 0 unspecified atom stereocenters. The molecular formula is C16H18N4O4. The van der Waals surface area contributed by atoms with Gasteiger partial charge in [-0.05, 0) is 24.2 Å². The van der Waals surface area contributed by atoms with Gasteiger partial charge in [0.05, 0.1) is 0 Å². The summed E-state index contributed by atoms with van der Waals surface area (Å²) in [6.07, 6.45) is -0.595. The number of ether oxygens (including phenoxy) is 2. The Balaban J connectivity index is 1.38. The molecule has 1 amide bonds. The van der Waals surface area contributed by atoms with Crippen molar-refractivity contribution in [2.45, 2.75) is 13.0 Å². The second-order valence-corrected chi connectivity index (χ2v) is 5.85. The maximum Gasteiger partial charge on any atom is 0.267 e. The Morgan fingerprint density at radius 3 is 2.58 bits per heavy atom. The van der Waals surface area contributed by atoms with Gasteiger partial charge < -0.3 is 19.3 Å². The fourth-order valence-electron chi connectivity index (χ4n) is 3.00. The summed E-state index contributed by atoms with van der Waals surface area (Å²) in [7, 11) is 0. The number of rotatable bonds is 2. The van der Waals surface area contributed by atoms with E-state index >= 15 is 0 Å². The Bertz CT molecular complexity index is 739. The highest BCUT2D eigenvalue weighted by Gasteiger charge is 2.33. The number of anilines is 1. The second kappa shape index (κ2) is 6.03. The molecule has 1 aromatic heterocycles. The highest BCUT2D eigenvalue weighted by molar-refractivity contribution is 5.82. The summed E-state index contributed by atoms with van der Waals surface area (Å²) >= 11 is 0. The van der Waals surface area contributed by atoms with Gasteiger partial charge in [-0.3, -0.25) is 4.79 Å². The Morgan fingerprint density at radius 1 is 1.12 bits per heavy atom. The summed E-state index contributed by atoms with van der Waals surface area (Å²) in [5.41, 5.74) is 0.760. The number of carbonyl (C=O) groups is 1. The lowest BCUT2D eigenvalue weighted by molar-refractivity contribution is -0.141.